The number of hydrogen-bond acceptors (Lipinski definition) is 4. The first kappa shape index (κ1) is 21.0. The lowest BCUT2D eigenvalue weighted by atomic mass is 10.0. The highest BCUT2D eigenvalue weighted by atomic mass is 35.5. The molecule has 0 spiro atoms. The Bertz CT molecular complexity index is 1030. The van der Waals surface area contributed by atoms with Crippen LogP contribution in [0.4, 0.5) is 13.2 Å². The molecule has 1 aromatic heterocycles. The third-order valence-corrected chi connectivity index (χ3v) is 4.90. The lowest BCUT2D eigenvalue weighted by molar-refractivity contribution is -0.141. The van der Waals surface area contributed by atoms with Gasteiger partial charge in [0.05, 0.1) is 18.2 Å². The molecule has 3 rings (SSSR count). The Morgan fingerprint density at radius 1 is 1.24 bits per heavy atom. The number of ether oxygens (including phenoxy) is 2. The number of halogens is 4. The number of aromatic amines is 1. The lowest BCUT2D eigenvalue weighted by Gasteiger charge is -2.25. The monoisotopic (exact) mass is 430 g/mol. The first-order chi connectivity index (χ1) is 13.6. The van der Waals surface area contributed by atoms with Crippen LogP contribution in [0.1, 0.15) is 31.9 Å². The van der Waals surface area contributed by atoms with Gasteiger partial charge in [-0.25, -0.2) is 9.36 Å². The summed E-state index contributed by atoms with van der Waals surface area (Å²) in [5.74, 6) is 1.03. The molecular formula is C19H18ClF3N2O4. The summed E-state index contributed by atoms with van der Waals surface area (Å²) in [5, 5.41) is -0.645. The highest BCUT2D eigenvalue weighted by molar-refractivity contribution is 6.22. The Morgan fingerprint density at radius 3 is 2.52 bits per heavy atom. The van der Waals surface area contributed by atoms with E-state index >= 15 is 0 Å². The van der Waals surface area contributed by atoms with Gasteiger partial charge in [0.15, 0.2) is 0 Å². The van der Waals surface area contributed by atoms with Crippen molar-refractivity contribution < 1.29 is 22.6 Å². The summed E-state index contributed by atoms with van der Waals surface area (Å²) in [4.78, 5) is 26.3. The van der Waals surface area contributed by atoms with E-state index in [-0.39, 0.29) is 23.6 Å². The van der Waals surface area contributed by atoms with E-state index in [1.807, 2.05) is 19.1 Å². The van der Waals surface area contributed by atoms with E-state index in [9.17, 15) is 22.8 Å². The molecule has 0 radical (unpaired) electrons. The quantitative estimate of drug-likeness (QED) is 0.735. The molecule has 1 unspecified atom stereocenters. The number of hydrogen-bond donors (Lipinski definition) is 1. The number of nitrogens with zero attached hydrogens (tertiary/aromatic N) is 1. The van der Waals surface area contributed by atoms with E-state index in [1.54, 1.807) is 4.98 Å². The molecule has 0 bridgehead atoms. The average molecular weight is 431 g/mol. The van der Waals surface area contributed by atoms with Crippen LogP contribution in [0.2, 0.25) is 0 Å². The van der Waals surface area contributed by atoms with Crippen LogP contribution in [0.15, 0.2) is 56.7 Å². The van der Waals surface area contributed by atoms with Gasteiger partial charge in [-0.15, -0.1) is 11.6 Å². The summed E-state index contributed by atoms with van der Waals surface area (Å²) in [6.45, 7) is 1.88. The molecule has 156 valence electrons. The zero-order valence-electron chi connectivity index (χ0n) is 15.6. The first-order valence-electron chi connectivity index (χ1n) is 8.73. The maximum absolute atomic E-state index is 12.9. The van der Waals surface area contributed by atoms with Crippen molar-refractivity contribution >= 4 is 17.3 Å². The number of alkyl halides is 4. The zero-order valence-corrected chi connectivity index (χ0v) is 16.4. The second-order valence-corrected chi connectivity index (χ2v) is 7.05. The summed E-state index contributed by atoms with van der Waals surface area (Å²) < 4.78 is 50.3. The maximum atomic E-state index is 12.9. The topological polar surface area (TPSA) is 73.3 Å². The van der Waals surface area contributed by atoms with E-state index in [0.717, 1.165) is 18.4 Å². The minimum absolute atomic E-state index is 0.0302. The first-order valence-corrected chi connectivity index (χ1v) is 9.17. The lowest BCUT2D eigenvalue weighted by Crippen LogP contribution is -2.37. The Kier molecular flexibility index (Phi) is 5.79. The number of H-pyrrole nitrogens is 1. The van der Waals surface area contributed by atoms with Crippen LogP contribution >= 0.6 is 11.6 Å². The molecule has 0 aliphatic heterocycles. The number of nitrogens with one attached hydrogen (secondary N) is 1. The molecule has 0 saturated heterocycles. The predicted octanol–water partition coefficient (Wildman–Crippen LogP) is 3.91. The summed E-state index contributed by atoms with van der Waals surface area (Å²) in [7, 11) is 1.32. The minimum Gasteiger partial charge on any atom is -0.499 e. The molecule has 1 atom stereocenters. The zero-order chi connectivity index (χ0) is 21.3. The van der Waals surface area contributed by atoms with Gasteiger partial charge in [0.2, 0.25) is 0 Å². The molecule has 1 N–H and O–H groups in total. The molecular weight excluding hydrogens is 413 g/mol. The van der Waals surface area contributed by atoms with Crippen molar-refractivity contribution in [2.75, 3.05) is 7.11 Å². The van der Waals surface area contributed by atoms with Gasteiger partial charge in [0.25, 0.3) is 5.56 Å². The van der Waals surface area contributed by atoms with Crippen molar-refractivity contribution in [3.05, 3.63) is 73.7 Å². The molecule has 1 heterocycles. The van der Waals surface area contributed by atoms with Crippen LogP contribution in [0.5, 0.6) is 0 Å². The van der Waals surface area contributed by atoms with Crippen molar-refractivity contribution in [3.8, 4) is 0 Å². The second kappa shape index (κ2) is 7.98. The fourth-order valence-corrected chi connectivity index (χ4v) is 3.29. The fourth-order valence-electron chi connectivity index (χ4n) is 3.05. The SMILES string of the molecule is COC1=C(n2c(=O)cc(C(F)(F)F)[nH]c2=O)C=C(OC2=CCCC=C2C)C(Cl)C1. The van der Waals surface area contributed by atoms with E-state index < -0.39 is 28.5 Å². The number of allylic oxidation sites excluding steroid dienone is 7. The second-order valence-electron chi connectivity index (χ2n) is 6.53. The maximum Gasteiger partial charge on any atom is 0.431 e. The van der Waals surface area contributed by atoms with E-state index in [2.05, 4.69) is 0 Å². The summed E-state index contributed by atoms with van der Waals surface area (Å²) >= 11 is 6.36. The van der Waals surface area contributed by atoms with Crippen LogP contribution in [0.3, 0.4) is 0 Å². The van der Waals surface area contributed by atoms with Crippen molar-refractivity contribution in [1.29, 1.82) is 0 Å². The molecule has 1 aromatic rings. The summed E-state index contributed by atoms with van der Waals surface area (Å²) in [5.41, 5.74) is -2.94. The predicted molar refractivity (Wildman–Crippen MR) is 101 cm³/mol. The largest absolute Gasteiger partial charge is 0.499 e. The van der Waals surface area contributed by atoms with Gasteiger partial charge in [0, 0.05) is 18.6 Å². The Balaban J connectivity index is 2.08. The highest BCUT2D eigenvalue weighted by Crippen LogP contribution is 2.34. The van der Waals surface area contributed by atoms with Crippen LogP contribution in [0.25, 0.3) is 5.70 Å². The van der Waals surface area contributed by atoms with E-state index in [4.69, 9.17) is 21.1 Å². The molecule has 2 aliphatic carbocycles. The van der Waals surface area contributed by atoms with Gasteiger partial charge in [-0.1, -0.05) is 6.08 Å². The van der Waals surface area contributed by atoms with Crippen molar-refractivity contribution in [2.45, 2.75) is 37.7 Å². The minimum atomic E-state index is -4.86. The third-order valence-electron chi connectivity index (χ3n) is 4.53. The molecule has 0 saturated carbocycles. The summed E-state index contributed by atoms with van der Waals surface area (Å²) in [6, 6.07) is 0.319. The van der Waals surface area contributed by atoms with E-state index in [0.29, 0.717) is 16.4 Å². The van der Waals surface area contributed by atoms with Gasteiger partial charge in [-0.3, -0.25) is 4.79 Å². The van der Waals surface area contributed by atoms with Crippen LogP contribution < -0.4 is 11.2 Å². The molecule has 0 amide bonds. The Labute approximate surface area is 168 Å². The van der Waals surface area contributed by atoms with Gasteiger partial charge < -0.3 is 14.5 Å². The van der Waals surface area contributed by atoms with E-state index in [1.165, 1.54) is 13.2 Å². The highest BCUT2D eigenvalue weighted by Gasteiger charge is 2.34. The number of methoxy groups -OCH3 is 1. The Morgan fingerprint density at radius 2 is 1.93 bits per heavy atom. The fraction of sp³-hybridized carbons (Fsp3) is 0.368. The van der Waals surface area contributed by atoms with Crippen molar-refractivity contribution in [2.24, 2.45) is 0 Å². The molecule has 2 aliphatic rings. The van der Waals surface area contributed by atoms with Gasteiger partial charge in [0.1, 0.15) is 23.0 Å². The molecule has 29 heavy (non-hydrogen) atoms. The van der Waals surface area contributed by atoms with Gasteiger partial charge >= 0.3 is 11.9 Å². The van der Waals surface area contributed by atoms with Crippen LogP contribution in [-0.2, 0) is 15.7 Å². The number of aromatic nitrogens is 2. The van der Waals surface area contributed by atoms with Crippen molar-refractivity contribution in [3.63, 3.8) is 0 Å². The normalized spacial score (nSPS) is 20.1. The van der Waals surface area contributed by atoms with Crippen LogP contribution in [0, 0.1) is 0 Å². The van der Waals surface area contributed by atoms with Crippen molar-refractivity contribution in [1.82, 2.24) is 9.55 Å². The van der Waals surface area contributed by atoms with Gasteiger partial charge in [-0.2, -0.15) is 13.2 Å². The molecule has 0 fully saturated rings. The Hall–Kier alpha value is -2.68. The van der Waals surface area contributed by atoms with Crippen LogP contribution in [-0.4, -0.2) is 22.0 Å². The number of rotatable bonds is 4. The third kappa shape index (κ3) is 4.34. The molecule has 6 nitrogen and oxygen atoms in total. The summed E-state index contributed by atoms with van der Waals surface area (Å²) in [6.07, 6.45) is 2.14. The average Bonchev–Trinajstić information content (AvgIpc) is 2.64. The van der Waals surface area contributed by atoms with Gasteiger partial charge in [-0.05, 0) is 31.4 Å². The molecule has 10 heteroatoms. The molecule has 0 aromatic carbocycles. The standard InChI is InChI=1S/C19H18ClF3N2O4/c1-10-5-3-4-6-13(10)29-14-8-12(15(28-2)7-11(14)20)25-17(26)9-16(19(21,22)23)24-18(25)27/h5-6,8-9,11H,3-4,7H2,1-2H3,(H,24,27). The smallest absolute Gasteiger partial charge is 0.431 e.